The lowest BCUT2D eigenvalue weighted by Crippen LogP contribution is -1.98. The van der Waals surface area contributed by atoms with Gasteiger partial charge in [-0.1, -0.05) is 12.1 Å². The van der Waals surface area contributed by atoms with Crippen LogP contribution in [0.2, 0.25) is 0 Å². The van der Waals surface area contributed by atoms with Gasteiger partial charge in [0.15, 0.2) is 0 Å². The van der Waals surface area contributed by atoms with Gasteiger partial charge in [0.2, 0.25) is 0 Å². The summed E-state index contributed by atoms with van der Waals surface area (Å²) in [6.07, 6.45) is 0. The van der Waals surface area contributed by atoms with Crippen LogP contribution in [0.25, 0.3) is 11.3 Å². The van der Waals surface area contributed by atoms with Crippen molar-refractivity contribution in [1.29, 1.82) is 0 Å². The molecule has 19 heavy (non-hydrogen) atoms. The van der Waals surface area contributed by atoms with Crippen LogP contribution in [-0.2, 0) is 0 Å². The molecule has 0 bridgehead atoms. The van der Waals surface area contributed by atoms with Crippen molar-refractivity contribution in [2.75, 3.05) is 5.73 Å². The molecule has 0 aliphatic rings. The number of hydrogen-bond donors (Lipinski definition) is 3. The quantitative estimate of drug-likeness (QED) is 0.577. The average Bonchev–Trinajstić information content (AvgIpc) is 2.71. The minimum absolute atomic E-state index is 0.0192. The summed E-state index contributed by atoms with van der Waals surface area (Å²) in [5.74, 6) is -1.13. The average molecular weight is 261 g/mol. The van der Waals surface area contributed by atoms with Crippen LogP contribution >= 0.6 is 0 Å². The molecule has 0 radical (unpaired) electrons. The van der Waals surface area contributed by atoms with E-state index in [1.54, 1.807) is 19.1 Å². The summed E-state index contributed by atoms with van der Waals surface area (Å²) in [5.41, 5.74) is 6.93. The molecule has 0 unspecified atom stereocenters. The van der Waals surface area contributed by atoms with Crippen LogP contribution in [0, 0.1) is 17.0 Å². The number of rotatable bonds is 3. The van der Waals surface area contributed by atoms with E-state index < -0.39 is 10.9 Å². The van der Waals surface area contributed by atoms with Gasteiger partial charge >= 0.3 is 5.97 Å². The van der Waals surface area contributed by atoms with Crippen molar-refractivity contribution in [2.45, 2.75) is 6.92 Å². The predicted molar refractivity (Wildman–Crippen MR) is 69.0 cm³/mol. The van der Waals surface area contributed by atoms with Gasteiger partial charge in [-0.25, -0.2) is 4.79 Å². The van der Waals surface area contributed by atoms with Crippen molar-refractivity contribution in [3.05, 3.63) is 45.5 Å². The molecule has 0 aliphatic heterocycles. The molecule has 4 N–H and O–H groups in total. The second-order valence-corrected chi connectivity index (χ2v) is 4.07. The first-order valence-corrected chi connectivity index (χ1v) is 5.37. The maximum Gasteiger partial charge on any atom is 0.339 e. The molecule has 1 aromatic carbocycles. The molecule has 1 aromatic heterocycles. The predicted octanol–water partition coefficient (Wildman–Crippen LogP) is 2.18. The third-order valence-corrected chi connectivity index (χ3v) is 2.80. The molecule has 0 atom stereocenters. The number of nitrogens with one attached hydrogen (secondary N) is 1. The second-order valence-electron chi connectivity index (χ2n) is 4.07. The van der Waals surface area contributed by atoms with Crippen LogP contribution in [0.5, 0.6) is 0 Å². The largest absolute Gasteiger partial charge is 0.478 e. The maximum absolute atomic E-state index is 10.9. The van der Waals surface area contributed by atoms with E-state index in [0.717, 1.165) is 0 Å². The van der Waals surface area contributed by atoms with Crippen molar-refractivity contribution in [3.63, 3.8) is 0 Å². The monoisotopic (exact) mass is 261 g/mol. The van der Waals surface area contributed by atoms with E-state index in [1.807, 2.05) is 0 Å². The molecule has 98 valence electrons. The molecular formula is C12H11N3O4. The van der Waals surface area contributed by atoms with E-state index in [-0.39, 0.29) is 17.1 Å². The zero-order chi connectivity index (χ0) is 14.2. The number of carboxylic acid groups (broad SMARTS) is 1. The number of nitro benzene ring substituents is 1. The first kappa shape index (κ1) is 12.6. The van der Waals surface area contributed by atoms with Gasteiger partial charge < -0.3 is 15.8 Å². The number of hydrogen-bond acceptors (Lipinski definition) is 4. The van der Waals surface area contributed by atoms with Crippen molar-refractivity contribution >= 4 is 17.5 Å². The van der Waals surface area contributed by atoms with E-state index in [1.165, 1.54) is 12.1 Å². The molecule has 2 aromatic rings. The van der Waals surface area contributed by atoms with Crippen LogP contribution in [0.15, 0.2) is 24.3 Å². The van der Waals surface area contributed by atoms with Crippen LogP contribution in [0.4, 0.5) is 11.5 Å². The highest BCUT2D eigenvalue weighted by atomic mass is 16.6. The van der Waals surface area contributed by atoms with Crippen LogP contribution < -0.4 is 5.73 Å². The zero-order valence-corrected chi connectivity index (χ0v) is 10.0. The Kier molecular flexibility index (Phi) is 2.95. The van der Waals surface area contributed by atoms with E-state index in [0.29, 0.717) is 16.8 Å². The Hall–Kier alpha value is -2.83. The molecular weight excluding hydrogens is 250 g/mol. The number of carboxylic acids is 1. The van der Waals surface area contributed by atoms with Crippen LogP contribution in [0.1, 0.15) is 15.9 Å². The molecule has 1 heterocycles. The Balaban J connectivity index is 2.53. The number of aromatic nitrogens is 1. The Morgan fingerprint density at radius 2 is 2.11 bits per heavy atom. The fourth-order valence-electron chi connectivity index (χ4n) is 1.78. The standard InChI is InChI=1S/C12H11N3O4/c1-6-2-3-7(4-10(6)15(18)19)9-5-8(12(16)17)11(13)14-9/h2-5,14H,13H2,1H3,(H,16,17). The lowest BCUT2D eigenvalue weighted by atomic mass is 10.1. The second kappa shape index (κ2) is 4.45. The Morgan fingerprint density at radius 1 is 1.42 bits per heavy atom. The normalized spacial score (nSPS) is 10.4. The Bertz CT molecular complexity index is 676. The minimum atomic E-state index is -1.15. The SMILES string of the molecule is Cc1ccc(-c2cc(C(=O)O)c(N)[nH]2)cc1[N+](=O)[O-]. The summed E-state index contributed by atoms with van der Waals surface area (Å²) >= 11 is 0. The number of nitrogens with zero attached hydrogens (tertiary/aromatic N) is 1. The van der Waals surface area contributed by atoms with Crippen molar-refractivity contribution < 1.29 is 14.8 Å². The molecule has 0 amide bonds. The van der Waals surface area contributed by atoms with Crippen LogP contribution in [-0.4, -0.2) is 21.0 Å². The van der Waals surface area contributed by atoms with Gasteiger partial charge in [0.05, 0.1) is 4.92 Å². The number of nitro groups is 1. The van der Waals surface area contributed by atoms with Crippen molar-refractivity contribution in [2.24, 2.45) is 0 Å². The van der Waals surface area contributed by atoms with E-state index in [9.17, 15) is 14.9 Å². The highest BCUT2D eigenvalue weighted by molar-refractivity contribution is 5.95. The number of anilines is 1. The van der Waals surface area contributed by atoms with Gasteiger partial charge in [0, 0.05) is 22.9 Å². The van der Waals surface area contributed by atoms with E-state index in [2.05, 4.69) is 4.98 Å². The minimum Gasteiger partial charge on any atom is -0.478 e. The molecule has 7 nitrogen and oxygen atoms in total. The van der Waals surface area contributed by atoms with E-state index in [4.69, 9.17) is 10.8 Å². The smallest absolute Gasteiger partial charge is 0.339 e. The van der Waals surface area contributed by atoms with Gasteiger partial charge in [-0.3, -0.25) is 10.1 Å². The van der Waals surface area contributed by atoms with Gasteiger partial charge in [-0.15, -0.1) is 0 Å². The summed E-state index contributed by atoms with van der Waals surface area (Å²) in [6.45, 7) is 1.63. The molecule has 0 spiro atoms. The number of H-pyrrole nitrogens is 1. The first-order chi connectivity index (χ1) is 8.90. The number of aromatic amines is 1. The van der Waals surface area contributed by atoms with Gasteiger partial charge in [-0.05, 0) is 13.0 Å². The number of nitrogen functional groups attached to an aromatic ring is 1. The highest BCUT2D eigenvalue weighted by Gasteiger charge is 2.16. The van der Waals surface area contributed by atoms with Crippen LogP contribution in [0.3, 0.4) is 0 Å². The Morgan fingerprint density at radius 3 is 2.63 bits per heavy atom. The maximum atomic E-state index is 10.9. The summed E-state index contributed by atoms with van der Waals surface area (Å²) in [5, 5.41) is 19.8. The molecule has 7 heteroatoms. The zero-order valence-electron chi connectivity index (χ0n) is 10.0. The Labute approximate surface area is 107 Å². The molecule has 0 saturated carbocycles. The number of carbonyl (C=O) groups is 1. The lowest BCUT2D eigenvalue weighted by molar-refractivity contribution is -0.385. The topological polar surface area (TPSA) is 122 Å². The molecule has 2 rings (SSSR count). The van der Waals surface area contributed by atoms with Crippen molar-refractivity contribution in [1.82, 2.24) is 4.98 Å². The summed E-state index contributed by atoms with van der Waals surface area (Å²) < 4.78 is 0. The lowest BCUT2D eigenvalue weighted by Gasteiger charge is -2.01. The van der Waals surface area contributed by atoms with Gasteiger partial charge in [0.1, 0.15) is 11.4 Å². The fraction of sp³-hybridized carbons (Fsp3) is 0.0833. The first-order valence-electron chi connectivity index (χ1n) is 5.37. The summed E-state index contributed by atoms with van der Waals surface area (Å²) in [4.78, 5) is 24.0. The third-order valence-electron chi connectivity index (χ3n) is 2.80. The third kappa shape index (κ3) is 2.25. The number of aromatic carboxylic acids is 1. The van der Waals surface area contributed by atoms with E-state index >= 15 is 0 Å². The number of benzene rings is 1. The van der Waals surface area contributed by atoms with Gasteiger partial charge in [-0.2, -0.15) is 0 Å². The van der Waals surface area contributed by atoms with Crippen molar-refractivity contribution in [3.8, 4) is 11.3 Å². The number of aryl methyl sites for hydroxylation is 1. The van der Waals surface area contributed by atoms with Gasteiger partial charge in [0.25, 0.3) is 5.69 Å². The summed E-state index contributed by atoms with van der Waals surface area (Å²) in [6, 6.07) is 6.00. The molecule has 0 aliphatic carbocycles. The summed E-state index contributed by atoms with van der Waals surface area (Å²) in [7, 11) is 0. The number of nitrogens with two attached hydrogens (primary N) is 1. The molecule has 0 fully saturated rings. The fourth-order valence-corrected chi connectivity index (χ4v) is 1.78. The molecule has 0 saturated heterocycles. The highest BCUT2D eigenvalue weighted by Crippen LogP contribution is 2.28.